The molecule has 4 aliphatic heterocycles. The Kier molecular flexibility index (Phi) is 10.5. The van der Waals surface area contributed by atoms with Gasteiger partial charge in [-0.15, -0.1) is 6.42 Å². The predicted octanol–water partition coefficient (Wildman–Crippen LogP) is 5.48. The molecule has 1 aromatic heterocycles. The van der Waals surface area contributed by atoms with Crippen LogP contribution in [0.25, 0.3) is 10.8 Å². The number of rotatable bonds is 10. The molecule has 7 rings (SSSR count). The van der Waals surface area contributed by atoms with E-state index in [1.54, 1.807) is 30.7 Å². The van der Waals surface area contributed by atoms with Crippen molar-refractivity contribution in [3.8, 4) is 35.9 Å². The normalized spacial score (nSPS) is 23.0. The Bertz CT molecular complexity index is 2150. The summed E-state index contributed by atoms with van der Waals surface area (Å²) in [5, 5.41) is 21.8. The fourth-order valence-electron chi connectivity index (χ4n) is 8.79. The molecule has 0 saturated carbocycles. The summed E-state index contributed by atoms with van der Waals surface area (Å²) in [4.78, 5) is 42.9. The Morgan fingerprint density at radius 1 is 1.27 bits per heavy atom. The number of hydrogen-bond acceptors (Lipinski definition) is 11. The number of terminal acetylenes is 1. The summed E-state index contributed by atoms with van der Waals surface area (Å²) in [6.45, 7) is 8.97. The first-order chi connectivity index (χ1) is 26.8. The maximum Gasteiger partial charge on any atom is 0.420 e. The van der Waals surface area contributed by atoms with Crippen LogP contribution in [0.4, 0.5) is 25.1 Å². The van der Waals surface area contributed by atoms with Gasteiger partial charge in [0.1, 0.15) is 30.0 Å². The summed E-state index contributed by atoms with van der Waals surface area (Å²) in [5.41, 5.74) is -1.89. The maximum absolute atomic E-state index is 15.6. The SMILES string of the molecule is C#Cc1c(F)ccc2cc(O)cc(N3Cc4nc(OC[C@]5(C(C)(C)C#N)C[C@@H](F)CN5C5CCOCC5)nc(N(C)C[C@@H]5CCCN5C(=O)C=C)c4OC3=O)c12. The number of aromatic nitrogens is 2. The first-order valence-corrected chi connectivity index (χ1v) is 18.8. The molecule has 15 heteroatoms. The minimum absolute atomic E-state index is 0.0256. The van der Waals surface area contributed by atoms with E-state index in [-0.39, 0.29) is 89.8 Å². The van der Waals surface area contributed by atoms with Gasteiger partial charge in [0, 0.05) is 69.9 Å². The summed E-state index contributed by atoms with van der Waals surface area (Å²) >= 11 is 0. The molecule has 2 aromatic carbocycles. The van der Waals surface area contributed by atoms with Gasteiger partial charge in [-0.3, -0.25) is 14.6 Å². The number of alkyl halides is 1. The molecule has 2 amide bonds. The fourth-order valence-corrected chi connectivity index (χ4v) is 8.79. The topological polar surface area (TPSA) is 145 Å². The van der Waals surface area contributed by atoms with E-state index in [1.165, 1.54) is 35.2 Å². The van der Waals surface area contributed by atoms with Crippen molar-refractivity contribution in [3.63, 3.8) is 0 Å². The Hall–Kier alpha value is -5.51. The third-order valence-corrected chi connectivity index (χ3v) is 11.8. The minimum atomic E-state index is -1.20. The number of aromatic hydroxyl groups is 1. The number of benzene rings is 2. The van der Waals surface area contributed by atoms with E-state index >= 15 is 8.78 Å². The summed E-state index contributed by atoms with van der Waals surface area (Å²) < 4.78 is 48.6. The summed E-state index contributed by atoms with van der Waals surface area (Å²) in [6, 6.07) is 7.46. The molecule has 13 nitrogen and oxygen atoms in total. The lowest BCUT2D eigenvalue weighted by Gasteiger charge is -2.49. The Morgan fingerprint density at radius 3 is 2.75 bits per heavy atom. The van der Waals surface area contributed by atoms with E-state index in [0.717, 1.165) is 12.8 Å². The molecule has 3 aromatic rings. The molecule has 3 saturated heterocycles. The summed E-state index contributed by atoms with van der Waals surface area (Å²) in [5.74, 6) is 1.56. The molecule has 56 heavy (non-hydrogen) atoms. The number of hydrogen-bond donors (Lipinski definition) is 1. The van der Waals surface area contributed by atoms with Crippen LogP contribution in [0, 0.1) is 34.9 Å². The number of carbonyl (C=O) groups is 2. The van der Waals surface area contributed by atoms with E-state index in [2.05, 4.69) is 23.5 Å². The van der Waals surface area contributed by atoms with Gasteiger partial charge in [0.25, 0.3) is 0 Å². The molecule has 294 valence electrons. The second-order valence-electron chi connectivity index (χ2n) is 15.5. The second kappa shape index (κ2) is 15.2. The average Bonchev–Trinajstić information content (AvgIpc) is 3.80. The van der Waals surface area contributed by atoms with Gasteiger partial charge in [-0.25, -0.2) is 13.6 Å². The van der Waals surface area contributed by atoms with Crippen molar-refractivity contribution in [2.75, 3.05) is 56.3 Å². The average molecular weight is 770 g/mol. The number of nitrogens with zero attached hydrogens (tertiary/aromatic N) is 7. The van der Waals surface area contributed by atoms with Crippen LogP contribution in [0.5, 0.6) is 17.5 Å². The number of carbonyl (C=O) groups excluding carboxylic acids is 2. The van der Waals surface area contributed by atoms with Crippen LogP contribution in [0.3, 0.4) is 0 Å². The van der Waals surface area contributed by atoms with Crippen LogP contribution in [-0.4, -0.2) is 107 Å². The summed E-state index contributed by atoms with van der Waals surface area (Å²) in [6.07, 6.45) is 7.91. The molecule has 0 aliphatic carbocycles. The van der Waals surface area contributed by atoms with Crippen molar-refractivity contribution < 1.29 is 37.7 Å². The van der Waals surface area contributed by atoms with E-state index in [0.29, 0.717) is 44.5 Å². The molecule has 0 bridgehead atoms. The third kappa shape index (κ3) is 6.84. The van der Waals surface area contributed by atoms with Gasteiger partial charge in [0.2, 0.25) is 5.91 Å². The largest absolute Gasteiger partial charge is 0.508 e. The Labute approximate surface area is 324 Å². The van der Waals surface area contributed by atoms with Crippen LogP contribution in [0.15, 0.2) is 36.9 Å². The molecule has 3 fully saturated rings. The zero-order chi connectivity index (χ0) is 39.9. The maximum atomic E-state index is 15.6. The van der Waals surface area contributed by atoms with Crippen molar-refractivity contribution in [2.45, 2.75) is 76.3 Å². The van der Waals surface area contributed by atoms with Gasteiger partial charge in [-0.2, -0.15) is 15.2 Å². The molecule has 4 aliphatic rings. The number of fused-ring (bicyclic) bond motifs is 2. The van der Waals surface area contributed by atoms with E-state index in [9.17, 15) is 20.0 Å². The van der Waals surface area contributed by atoms with Gasteiger partial charge in [-0.1, -0.05) is 18.6 Å². The number of amides is 2. The second-order valence-corrected chi connectivity index (χ2v) is 15.5. The number of likely N-dealkylation sites (tertiary alicyclic amines) is 2. The molecule has 1 N–H and O–H groups in total. The van der Waals surface area contributed by atoms with Crippen LogP contribution >= 0.6 is 0 Å². The number of halogens is 2. The van der Waals surface area contributed by atoms with Crippen molar-refractivity contribution in [2.24, 2.45) is 5.41 Å². The number of ether oxygens (including phenoxy) is 3. The highest BCUT2D eigenvalue weighted by molar-refractivity contribution is 6.06. The molecule has 3 atom stereocenters. The number of anilines is 2. The molecule has 5 heterocycles. The van der Waals surface area contributed by atoms with Crippen molar-refractivity contribution in [3.05, 3.63) is 54.0 Å². The highest BCUT2D eigenvalue weighted by Gasteiger charge is 2.58. The monoisotopic (exact) mass is 769 g/mol. The Morgan fingerprint density at radius 2 is 2.04 bits per heavy atom. The molecular weight excluding hydrogens is 724 g/mol. The van der Waals surface area contributed by atoms with Crippen molar-refractivity contribution >= 4 is 34.3 Å². The van der Waals surface area contributed by atoms with Gasteiger partial charge in [0.05, 0.1) is 34.8 Å². The fraction of sp³-hybridized carbons (Fsp3) is 0.488. The predicted molar refractivity (Wildman–Crippen MR) is 204 cm³/mol. The van der Waals surface area contributed by atoms with Crippen LogP contribution in [0.1, 0.15) is 57.2 Å². The lowest BCUT2D eigenvalue weighted by atomic mass is 9.71. The number of phenolic OH excluding ortho intramolecular Hbond substituents is 1. The lowest BCUT2D eigenvalue weighted by Crippen LogP contribution is -2.61. The van der Waals surface area contributed by atoms with E-state index in [1.807, 2.05) is 0 Å². The highest BCUT2D eigenvalue weighted by Crippen LogP contribution is 2.48. The van der Waals surface area contributed by atoms with Gasteiger partial charge < -0.3 is 29.1 Å². The van der Waals surface area contributed by atoms with Crippen molar-refractivity contribution in [1.82, 2.24) is 19.8 Å². The van der Waals surface area contributed by atoms with Crippen molar-refractivity contribution in [1.29, 1.82) is 5.26 Å². The van der Waals surface area contributed by atoms with Crippen LogP contribution in [0.2, 0.25) is 0 Å². The standard InChI is InChI=1S/C41H45F2N7O6/c1-6-30-31(43)11-10-25-17-29(51)18-33(35(25)30)49-22-32-36(56-39(49)53)37(47(5)21-28-9-8-14-48(28)34(52)7-2)46-38(45-32)55-24-41(40(3,4)23-44)19-26(42)20-50(41)27-12-15-54-16-13-27/h1,7,10-11,17-18,26-28,51H,2,8-9,12-16,19-22,24H2,3-5H3/t26-,28+,41+/m1/s1. The van der Waals surface area contributed by atoms with Crippen LogP contribution in [-0.2, 0) is 16.1 Å². The molecule has 0 radical (unpaired) electrons. The first-order valence-electron chi connectivity index (χ1n) is 18.8. The first kappa shape index (κ1) is 38.8. The zero-order valence-corrected chi connectivity index (χ0v) is 31.8. The number of phenols is 1. The third-order valence-electron chi connectivity index (χ3n) is 11.8. The highest BCUT2D eigenvalue weighted by atomic mass is 19.1. The van der Waals surface area contributed by atoms with E-state index in [4.69, 9.17) is 30.6 Å². The Balaban J connectivity index is 1.30. The van der Waals surface area contributed by atoms with Crippen LogP contribution < -0.4 is 19.3 Å². The zero-order valence-electron chi connectivity index (χ0n) is 31.8. The molecule has 0 unspecified atom stereocenters. The number of likely N-dealkylation sites (N-methyl/N-ethyl adjacent to an activating group) is 1. The van der Waals surface area contributed by atoms with Gasteiger partial charge in [0.15, 0.2) is 11.6 Å². The van der Waals surface area contributed by atoms with E-state index < -0.39 is 29.0 Å². The quantitative estimate of drug-likeness (QED) is 0.207. The van der Waals surface area contributed by atoms with Gasteiger partial charge >= 0.3 is 12.1 Å². The minimum Gasteiger partial charge on any atom is -0.508 e. The van der Waals surface area contributed by atoms with Gasteiger partial charge in [-0.05, 0) is 63.1 Å². The smallest absolute Gasteiger partial charge is 0.420 e. The molecular formula is C41H45F2N7O6. The number of nitriles is 1. The summed E-state index contributed by atoms with van der Waals surface area (Å²) in [7, 11) is 1.75. The molecule has 0 spiro atoms. The lowest BCUT2D eigenvalue weighted by molar-refractivity contribution is -0.126.